The first-order valence-electron chi connectivity index (χ1n) is 12.4. The molecule has 8 nitrogen and oxygen atoms in total. The highest BCUT2D eigenvalue weighted by Crippen LogP contribution is 2.29. The number of urea groups is 1. The number of carbonyl (C=O) groups excluding carboxylic acids is 2. The standard InChI is InChI=1S/C27H33N3O5/c31-22-15-30(27(33)29-20-8-2-1-3-9-20)24-11-10-23(35-25(24)17-34-16-22)14-26(32)28-21-12-18-6-4-5-7-19(18)13-21/h1-9,21-25,31H,10-17H2,(H,28,32)(H,29,33)/t22-,23-,24-,25+/m1/s1. The second-order valence-corrected chi connectivity index (χ2v) is 9.73. The van der Waals surface area contributed by atoms with E-state index in [0.29, 0.717) is 18.5 Å². The van der Waals surface area contributed by atoms with Crippen LogP contribution in [0.4, 0.5) is 10.5 Å². The molecule has 3 N–H and O–H groups in total. The minimum absolute atomic E-state index is 0.00730. The molecular weight excluding hydrogens is 446 g/mol. The Morgan fingerprint density at radius 1 is 0.971 bits per heavy atom. The quantitative estimate of drug-likeness (QED) is 0.626. The van der Waals surface area contributed by atoms with Crippen LogP contribution in [0.5, 0.6) is 0 Å². The molecule has 186 valence electrons. The minimum Gasteiger partial charge on any atom is -0.389 e. The summed E-state index contributed by atoms with van der Waals surface area (Å²) in [5, 5.41) is 16.4. The number of rotatable bonds is 4. The van der Waals surface area contributed by atoms with E-state index in [-0.39, 0.29) is 62.4 Å². The number of para-hydroxylation sites is 1. The van der Waals surface area contributed by atoms with Crippen LogP contribution in [-0.2, 0) is 27.1 Å². The summed E-state index contributed by atoms with van der Waals surface area (Å²) in [5.41, 5.74) is 3.30. The highest BCUT2D eigenvalue weighted by molar-refractivity contribution is 5.89. The van der Waals surface area contributed by atoms with Gasteiger partial charge in [0.2, 0.25) is 5.91 Å². The molecule has 1 aliphatic carbocycles. The molecule has 4 atom stereocenters. The fourth-order valence-corrected chi connectivity index (χ4v) is 5.45. The van der Waals surface area contributed by atoms with Crippen molar-refractivity contribution >= 4 is 17.6 Å². The van der Waals surface area contributed by atoms with Crippen LogP contribution >= 0.6 is 0 Å². The molecule has 2 aromatic rings. The molecule has 2 aliphatic heterocycles. The smallest absolute Gasteiger partial charge is 0.322 e. The Bertz CT molecular complexity index is 1010. The highest BCUT2D eigenvalue weighted by atomic mass is 16.5. The lowest BCUT2D eigenvalue weighted by Gasteiger charge is -2.44. The number of aliphatic hydroxyl groups excluding tert-OH is 1. The van der Waals surface area contributed by atoms with Gasteiger partial charge in [0, 0.05) is 11.7 Å². The fourth-order valence-electron chi connectivity index (χ4n) is 5.45. The topological polar surface area (TPSA) is 100 Å². The average molecular weight is 480 g/mol. The van der Waals surface area contributed by atoms with E-state index in [0.717, 1.165) is 12.8 Å². The first-order valence-corrected chi connectivity index (χ1v) is 12.4. The molecule has 0 unspecified atom stereocenters. The van der Waals surface area contributed by atoms with Crippen LogP contribution in [0.15, 0.2) is 54.6 Å². The number of fused-ring (bicyclic) bond motifs is 2. The summed E-state index contributed by atoms with van der Waals surface area (Å²) >= 11 is 0. The van der Waals surface area contributed by atoms with Gasteiger partial charge in [-0.2, -0.15) is 0 Å². The predicted molar refractivity (Wildman–Crippen MR) is 131 cm³/mol. The van der Waals surface area contributed by atoms with Crippen LogP contribution in [0, 0.1) is 0 Å². The summed E-state index contributed by atoms with van der Waals surface area (Å²) in [7, 11) is 0. The summed E-state index contributed by atoms with van der Waals surface area (Å²) in [6.07, 6.45) is 1.99. The first-order chi connectivity index (χ1) is 17.0. The predicted octanol–water partition coefficient (Wildman–Crippen LogP) is 2.50. The van der Waals surface area contributed by atoms with Crippen molar-refractivity contribution in [3.8, 4) is 0 Å². The average Bonchev–Trinajstić information content (AvgIpc) is 3.24. The summed E-state index contributed by atoms with van der Waals surface area (Å²) in [5.74, 6) is -0.00730. The van der Waals surface area contributed by atoms with Crippen LogP contribution in [0.3, 0.4) is 0 Å². The van der Waals surface area contributed by atoms with Gasteiger partial charge in [-0.25, -0.2) is 4.79 Å². The number of hydrogen-bond donors (Lipinski definition) is 3. The van der Waals surface area contributed by atoms with Gasteiger partial charge >= 0.3 is 6.03 Å². The Morgan fingerprint density at radius 2 is 1.69 bits per heavy atom. The molecule has 0 aromatic heterocycles. The van der Waals surface area contributed by atoms with Crippen LogP contribution in [-0.4, -0.2) is 72.1 Å². The maximum atomic E-state index is 13.1. The van der Waals surface area contributed by atoms with E-state index in [1.165, 1.54) is 11.1 Å². The van der Waals surface area contributed by atoms with E-state index >= 15 is 0 Å². The lowest BCUT2D eigenvalue weighted by Crippen LogP contribution is -2.58. The largest absolute Gasteiger partial charge is 0.389 e. The van der Waals surface area contributed by atoms with E-state index in [9.17, 15) is 14.7 Å². The van der Waals surface area contributed by atoms with Gasteiger partial charge in [0.25, 0.3) is 0 Å². The number of benzene rings is 2. The normalized spacial score (nSPS) is 26.7. The Labute approximate surface area is 205 Å². The summed E-state index contributed by atoms with van der Waals surface area (Å²) in [6, 6.07) is 17.2. The molecule has 2 aromatic carbocycles. The molecule has 0 spiro atoms. The minimum atomic E-state index is -0.767. The third-order valence-electron chi connectivity index (χ3n) is 7.10. The van der Waals surface area contributed by atoms with Crippen LogP contribution < -0.4 is 10.6 Å². The van der Waals surface area contributed by atoms with Crippen molar-refractivity contribution < 1.29 is 24.2 Å². The van der Waals surface area contributed by atoms with Crippen molar-refractivity contribution in [2.24, 2.45) is 0 Å². The Morgan fingerprint density at radius 3 is 2.43 bits per heavy atom. The molecule has 2 saturated heterocycles. The van der Waals surface area contributed by atoms with E-state index in [2.05, 4.69) is 22.8 Å². The maximum Gasteiger partial charge on any atom is 0.322 e. The van der Waals surface area contributed by atoms with Gasteiger partial charge in [0.1, 0.15) is 6.10 Å². The van der Waals surface area contributed by atoms with Gasteiger partial charge in [-0.1, -0.05) is 42.5 Å². The lowest BCUT2D eigenvalue weighted by molar-refractivity contribution is -0.150. The Kier molecular flexibility index (Phi) is 7.32. The van der Waals surface area contributed by atoms with Crippen LogP contribution in [0.25, 0.3) is 0 Å². The fraction of sp³-hybridized carbons (Fsp3) is 0.481. The van der Waals surface area contributed by atoms with Gasteiger partial charge < -0.3 is 30.1 Å². The molecule has 2 fully saturated rings. The number of ether oxygens (including phenoxy) is 2. The molecule has 0 bridgehead atoms. The number of amides is 3. The van der Waals surface area contributed by atoms with Gasteiger partial charge in [-0.15, -0.1) is 0 Å². The molecule has 8 heteroatoms. The van der Waals surface area contributed by atoms with Gasteiger partial charge in [-0.3, -0.25) is 4.79 Å². The Hall–Kier alpha value is -2.94. The number of hydrogen-bond acceptors (Lipinski definition) is 5. The zero-order valence-electron chi connectivity index (χ0n) is 19.8. The zero-order valence-corrected chi connectivity index (χ0v) is 19.8. The van der Waals surface area contributed by atoms with E-state index in [1.54, 1.807) is 4.90 Å². The summed E-state index contributed by atoms with van der Waals surface area (Å²) in [4.78, 5) is 27.6. The van der Waals surface area contributed by atoms with Gasteiger partial charge in [0.05, 0.1) is 44.4 Å². The highest BCUT2D eigenvalue weighted by Gasteiger charge is 2.40. The lowest BCUT2D eigenvalue weighted by atomic mass is 9.95. The Balaban J connectivity index is 1.18. The number of nitrogens with one attached hydrogen (secondary N) is 2. The van der Waals surface area contributed by atoms with Crippen molar-refractivity contribution in [3.63, 3.8) is 0 Å². The molecule has 3 amide bonds. The van der Waals surface area contributed by atoms with Gasteiger partial charge in [0.15, 0.2) is 0 Å². The SMILES string of the molecule is O=C(C[C@H]1CC[C@@H]2[C@H](COC[C@H](O)CN2C(=O)Nc2ccccc2)O1)NC1Cc2ccccc2C1. The van der Waals surface area contributed by atoms with Crippen molar-refractivity contribution in [2.45, 2.75) is 62.5 Å². The first kappa shape index (κ1) is 23.8. The second-order valence-electron chi connectivity index (χ2n) is 9.73. The van der Waals surface area contributed by atoms with E-state index in [1.807, 2.05) is 42.5 Å². The molecule has 3 aliphatic rings. The van der Waals surface area contributed by atoms with Crippen LogP contribution in [0.1, 0.15) is 30.4 Å². The van der Waals surface area contributed by atoms with Crippen molar-refractivity contribution in [1.82, 2.24) is 10.2 Å². The third kappa shape index (κ3) is 5.83. The van der Waals surface area contributed by atoms with Crippen molar-refractivity contribution in [2.75, 3.05) is 25.1 Å². The second kappa shape index (κ2) is 10.8. The number of aliphatic hydroxyl groups is 1. The number of nitrogens with zero attached hydrogens (tertiary/aromatic N) is 1. The number of β-amino-alcohol motifs (C(OH)–C–C–N with tert-alkyl or cyclic N) is 1. The summed E-state index contributed by atoms with van der Waals surface area (Å²) < 4.78 is 12.0. The molecule has 2 heterocycles. The zero-order chi connectivity index (χ0) is 24.2. The summed E-state index contributed by atoms with van der Waals surface area (Å²) in [6.45, 7) is 0.568. The van der Waals surface area contributed by atoms with Gasteiger partial charge in [-0.05, 0) is 48.9 Å². The van der Waals surface area contributed by atoms with E-state index < -0.39 is 6.10 Å². The molecule has 0 saturated carbocycles. The maximum absolute atomic E-state index is 13.1. The molecular formula is C27H33N3O5. The van der Waals surface area contributed by atoms with E-state index in [4.69, 9.17) is 9.47 Å². The molecule has 35 heavy (non-hydrogen) atoms. The van der Waals surface area contributed by atoms with Crippen molar-refractivity contribution in [3.05, 3.63) is 65.7 Å². The third-order valence-corrected chi connectivity index (χ3v) is 7.10. The number of anilines is 1. The van der Waals surface area contributed by atoms with Crippen LogP contribution in [0.2, 0.25) is 0 Å². The number of carbonyl (C=O) groups is 2. The van der Waals surface area contributed by atoms with Crippen molar-refractivity contribution in [1.29, 1.82) is 0 Å². The molecule has 5 rings (SSSR count). The molecule has 0 radical (unpaired) electrons. The monoisotopic (exact) mass is 479 g/mol.